The zero-order valence-electron chi connectivity index (χ0n) is 13.2. The summed E-state index contributed by atoms with van der Waals surface area (Å²) in [4.78, 5) is 23.8. The Morgan fingerprint density at radius 1 is 0.960 bits per heavy atom. The highest BCUT2D eigenvalue weighted by Gasteiger charge is 2.10. The molecular weight excluding hydrogens is 364 g/mol. The topological polar surface area (TPSA) is 106 Å². The molecule has 0 fully saturated rings. The lowest BCUT2D eigenvalue weighted by Gasteiger charge is -2.06. The third-order valence-corrected chi connectivity index (χ3v) is 4.67. The first-order valence-corrected chi connectivity index (χ1v) is 9.35. The predicted octanol–water partition coefficient (Wildman–Crippen LogP) is 2.27. The van der Waals surface area contributed by atoms with Gasteiger partial charge in [-0.1, -0.05) is 23.7 Å². The highest BCUT2D eigenvalue weighted by molar-refractivity contribution is 7.89. The molecule has 0 aliphatic heterocycles. The summed E-state index contributed by atoms with van der Waals surface area (Å²) in [7, 11) is -3.73. The van der Waals surface area contributed by atoms with E-state index in [2.05, 4.69) is 5.32 Å². The maximum Gasteiger partial charge on any atom is 0.238 e. The van der Waals surface area contributed by atoms with Crippen LogP contribution in [-0.4, -0.2) is 20.1 Å². The van der Waals surface area contributed by atoms with Crippen LogP contribution in [-0.2, 0) is 21.4 Å². The lowest BCUT2D eigenvalue weighted by molar-refractivity contribution is -0.121. The summed E-state index contributed by atoms with van der Waals surface area (Å²) in [6.45, 7) is 0.235. The van der Waals surface area contributed by atoms with Crippen molar-refractivity contribution in [1.29, 1.82) is 0 Å². The van der Waals surface area contributed by atoms with Crippen LogP contribution in [0.4, 0.5) is 0 Å². The average molecular weight is 381 g/mol. The van der Waals surface area contributed by atoms with Crippen LogP contribution in [0.5, 0.6) is 0 Å². The van der Waals surface area contributed by atoms with Gasteiger partial charge in [0.15, 0.2) is 5.78 Å². The summed E-state index contributed by atoms with van der Waals surface area (Å²) in [5, 5.41) is 8.24. The molecule has 0 saturated carbocycles. The zero-order valence-corrected chi connectivity index (χ0v) is 14.8. The fourth-order valence-electron chi connectivity index (χ4n) is 2.09. The summed E-state index contributed by atoms with van der Waals surface area (Å²) in [6, 6.07) is 12.4. The Labute approximate surface area is 151 Å². The number of primary sulfonamides is 1. The molecular formula is C17H17ClN2O4S. The Kier molecular flexibility index (Phi) is 6.30. The van der Waals surface area contributed by atoms with Crippen LogP contribution in [0, 0.1) is 0 Å². The summed E-state index contributed by atoms with van der Waals surface area (Å²) in [5.74, 6) is -0.401. The number of Topliss-reactive ketones (excluding diaryl/α,β-unsaturated/α-hetero) is 1. The maximum absolute atomic E-state index is 12.0. The molecule has 0 aromatic heterocycles. The normalized spacial score (nSPS) is 11.1. The van der Waals surface area contributed by atoms with Gasteiger partial charge in [0.05, 0.1) is 4.90 Å². The molecule has 0 aliphatic rings. The van der Waals surface area contributed by atoms with E-state index in [4.69, 9.17) is 16.7 Å². The number of hydrogen-bond acceptors (Lipinski definition) is 4. The molecule has 2 aromatic rings. The molecule has 0 heterocycles. The molecule has 132 valence electrons. The maximum atomic E-state index is 12.0. The van der Waals surface area contributed by atoms with Gasteiger partial charge in [0.2, 0.25) is 15.9 Å². The number of benzene rings is 2. The summed E-state index contributed by atoms with van der Waals surface area (Å²) in [5.41, 5.74) is 1.24. The fraction of sp³-hybridized carbons (Fsp3) is 0.176. The van der Waals surface area contributed by atoms with E-state index in [-0.39, 0.29) is 36.0 Å². The number of carbonyl (C=O) groups is 2. The highest BCUT2D eigenvalue weighted by Crippen LogP contribution is 2.12. The van der Waals surface area contributed by atoms with Crippen molar-refractivity contribution >= 4 is 33.3 Å². The predicted molar refractivity (Wildman–Crippen MR) is 94.7 cm³/mol. The van der Waals surface area contributed by atoms with E-state index in [9.17, 15) is 18.0 Å². The van der Waals surface area contributed by atoms with Gasteiger partial charge in [-0.25, -0.2) is 13.6 Å². The zero-order chi connectivity index (χ0) is 18.4. The van der Waals surface area contributed by atoms with Crippen LogP contribution in [0.15, 0.2) is 53.4 Å². The Balaban J connectivity index is 1.80. The molecule has 6 nitrogen and oxygen atoms in total. The summed E-state index contributed by atoms with van der Waals surface area (Å²) >= 11 is 5.76. The van der Waals surface area contributed by atoms with Gasteiger partial charge >= 0.3 is 0 Å². The number of sulfonamides is 1. The van der Waals surface area contributed by atoms with Crippen molar-refractivity contribution in [2.75, 3.05) is 0 Å². The van der Waals surface area contributed by atoms with Crippen molar-refractivity contribution in [2.45, 2.75) is 24.3 Å². The number of amides is 1. The third-order valence-electron chi connectivity index (χ3n) is 3.49. The van der Waals surface area contributed by atoms with Gasteiger partial charge in [-0.3, -0.25) is 9.59 Å². The molecule has 0 bridgehead atoms. The van der Waals surface area contributed by atoms with Gasteiger partial charge in [-0.05, 0) is 42.0 Å². The molecule has 0 atom stereocenters. The molecule has 8 heteroatoms. The lowest BCUT2D eigenvalue weighted by Crippen LogP contribution is -2.23. The van der Waals surface area contributed by atoms with Crippen molar-refractivity contribution in [3.8, 4) is 0 Å². The number of rotatable bonds is 7. The first-order valence-electron chi connectivity index (χ1n) is 7.43. The van der Waals surface area contributed by atoms with E-state index in [0.717, 1.165) is 5.56 Å². The minimum Gasteiger partial charge on any atom is -0.352 e. The van der Waals surface area contributed by atoms with Crippen LogP contribution >= 0.6 is 11.6 Å². The number of hydrogen-bond donors (Lipinski definition) is 2. The Morgan fingerprint density at radius 2 is 1.56 bits per heavy atom. The van der Waals surface area contributed by atoms with Crippen LogP contribution in [0.3, 0.4) is 0 Å². The molecule has 3 N–H and O–H groups in total. The van der Waals surface area contributed by atoms with Gasteiger partial charge in [-0.15, -0.1) is 0 Å². The van der Waals surface area contributed by atoms with Gasteiger partial charge in [-0.2, -0.15) is 0 Å². The molecule has 1 amide bonds. The van der Waals surface area contributed by atoms with Gasteiger partial charge < -0.3 is 5.32 Å². The second kappa shape index (κ2) is 8.24. The summed E-state index contributed by atoms with van der Waals surface area (Å²) < 4.78 is 22.3. The lowest BCUT2D eigenvalue weighted by atomic mass is 10.1. The molecule has 0 spiro atoms. The third kappa shape index (κ3) is 5.97. The Bertz CT molecular complexity index is 863. The first-order chi connectivity index (χ1) is 11.8. The van der Waals surface area contributed by atoms with Crippen molar-refractivity contribution in [2.24, 2.45) is 5.14 Å². The monoisotopic (exact) mass is 380 g/mol. The fourth-order valence-corrected chi connectivity index (χ4v) is 2.73. The number of ketones is 1. The quantitative estimate of drug-likeness (QED) is 0.718. The second-order valence-electron chi connectivity index (χ2n) is 5.40. The standard InChI is InChI=1S/C17H17ClN2O4S/c18-14-5-3-13(4-6-14)16(21)9-10-17(22)20-11-12-1-7-15(8-2-12)25(19,23)24/h1-8H,9-11H2,(H,20,22)(H2,19,23,24). The Hall–Kier alpha value is -2.22. The number of carbonyl (C=O) groups excluding carboxylic acids is 2. The molecule has 0 unspecified atom stereocenters. The second-order valence-corrected chi connectivity index (χ2v) is 7.39. The number of nitrogens with one attached hydrogen (secondary N) is 1. The van der Waals surface area contributed by atoms with E-state index >= 15 is 0 Å². The Morgan fingerprint density at radius 3 is 2.12 bits per heavy atom. The molecule has 0 saturated heterocycles. The van der Waals surface area contributed by atoms with E-state index in [1.807, 2.05) is 0 Å². The van der Waals surface area contributed by atoms with E-state index in [1.165, 1.54) is 12.1 Å². The molecule has 0 radical (unpaired) electrons. The van der Waals surface area contributed by atoms with Crippen LogP contribution < -0.4 is 10.5 Å². The highest BCUT2D eigenvalue weighted by atomic mass is 35.5. The van der Waals surface area contributed by atoms with E-state index in [0.29, 0.717) is 10.6 Å². The largest absolute Gasteiger partial charge is 0.352 e. The van der Waals surface area contributed by atoms with Crippen molar-refractivity contribution in [1.82, 2.24) is 5.32 Å². The summed E-state index contributed by atoms with van der Waals surface area (Å²) in [6.07, 6.45) is 0.161. The van der Waals surface area contributed by atoms with Crippen molar-refractivity contribution in [3.05, 3.63) is 64.7 Å². The molecule has 0 aliphatic carbocycles. The van der Waals surface area contributed by atoms with Crippen LogP contribution in [0.25, 0.3) is 0 Å². The van der Waals surface area contributed by atoms with E-state index in [1.54, 1.807) is 36.4 Å². The van der Waals surface area contributed by atoms with Gasteiger partial charge in [0.1, 0.15) is 0 Å². The average Bonchev–Trinajstić information content (AvgIpc) is 2.58. The SMILES string of the molecule is NS(=O)(=O)c1ccc(CNC(=O)CCC(=O)c2ccc(Cl)cc2)cc1. The van der Waals surface area contributed by atoms with Crippen molar-refractivity contribution in [3.63, 3.8) is 0 Å². The number of halogens is 1. The van der Waals surface area contributed by atoms with Crippen LogP contribution in [0.1, 0.15) is 28.8 Å². The van der Waals surface area contributed by atoms with Crippen molar-refractivity contribution < 1.29 is 18.0 Å². The smallest absolute Gasteiger partial charge is 0.238 e. The minimum atomic E-state index is -3.73. The molecule has 25 heavy (non-hydrogen) atoms. The molecule has 2 rings (SSSR count). The molecule has 2 aromatic carbocycles. The number of nitrogens with two attached hydrogens (primary N) is 1. The van der Waals surface area contributed by atoms with Gasteiger partial charge in [0, 0.05) is 30.0 Å². The van der Waals surface area contributed by atoms with Gasteiger partial charge in [0.25, 0.3) is 0 Å². The van der Waals surface area contributed by atoms with E-state index < -0.39 is 10.0 Å². The first kappa shape index (κ1) is 19.1. The van der Waals surface area contributed by atoms with Crippen LogP contribution in [0.2, 0.25) is 5.02 Å². The minimum absolute atomic E-state index is 0.0103.